The maximum Gasteiger partial charge on any atom is 0.264 e. The van der Waals surface area contributed by atoms with E-state index in [1.807, 2.05) is 0 Å². The number of anilines is 1. The van der Waals surface area contributed by atoms with Crippen LogP contribution in [0.2, 0.25) is 0 Å². The van der Waals surface area contributed by atoms with Crippen LogP contribution in [-0.4, -0.2) is 15.5 Å². The van der Waals surface area contributed by atoms with E-state index < -0.39 is 27.5 Å². The summed E-state index contributed by atoms with van der Waals surface area (Å²) in [5.41, 5.74) is 0.00540. The Morgan fingerprint density at radius 2 is 1.52 bits per heavy atom. The van der Waals surface area contributed by atoms with Crippen molar-refractivity contribution in [1.82, 2.24) is 0 Å². The Balaban J connectivity index is 2.55. The minimum Gasteiger partial charge on any atom is -0.266 e. The molecule has 0 aromatic heterocycles. The summed E-state index contributed by atoms with van der Waals surface area (Å²) in [5, 5.41) is 0. The fraction of sp³-hybridized carbons (Fsp3) is 0.143. The van der Waals surface area contributed by atoms with Gasteiger partial charge in [0.25, 0.3) is 10.0 Å². The summed E-state index contributed by atoms with van der Waals surface area (Å²) in [6.07, 6.45) is 0. The molecule has 0 atom stereocenters. The first-order chi connectivity index (χ1) is 9.73. The molecule has 3 nitrogen and oxygen atoms in total. The van der Waals surface area contributed by atoms with Gasteiger partial charge in [0.2, 0.25) is 0 Å². The Hall–Kier alpha value is -2.02. The first-order valence-corrected chi connectivity index (χ1v) is 7.37. The molecule has 0 amide bonds. The molecule has 0 N–H and O–H groups in total. The van der Waals surface area contributed by atoms with Crippen LogP contribution in [0.3, 0.4) is 0 Å². The Kier molecular flexibility index (Phi) is 3.95. The van der Waals surface area contributed by atoms with Gasteiger partial charge in [-0.3, -0.25) is 4.31 Å². The molecule has 0 saturated heterocycles. The van der Waals surface area contributed by atoms with E-state index in [9.17, 15) is 21.6 Å². The Morgan fingerprint density at radius 1 is 0.952 bits per heavy atom. The molecule has 0 aliphatic carbocycles. The summed E-state index contributed by atoms with van der Waals surface area (Å²) < 4.78 is 65.4. The minimum absolute atomic E-state index is 0.270. The van der Waals surface area contributed by atoms with Crippen LogP contribution >= 0.6 is 0 Å². The van der Waals surface area contributed by atoms with Crippen LogP contribution in [0.5, 0.6) is 0 Å². The fourth-order valence-corrected chi connectivity index (χ4v) is 3.30. The van der Waals surface area contributed by atoms with Gasteiger partial charge in [0, 0.05) is 13.1 Å². The van der Waals surface area contributed by atoms with Gasteiger partial charge in [-0.25, -0.2) is 21.6 Å². The zero-order valence-corrected chi connectivity index (χ0v) is 12.1. The van der Waals surface area contributed by atoms with E-state index >= 15 is 0 Å². The summed E-state index contributed by atoms with van der Waals surface area (Å²) >= 11 is 0. The van der Waals surface area contributed by atoms with Gasteiger partial charge in [-0.15, -0.1) is 0 Å². The van der Waals surface area contributed by atoms with Crippen molar-refractivity contribution >= 4 is 15.7 Å². The number of hydrogen-bond donors (Lipinski definition) is 0. The fourth-order valence-electron chi connectivity index (χ4n) is 1.87. The molecular formula is C14H12F3NO2S. The number of hydrogen-bond acceptors (Lipinski definition) is 2. The maximum atomic E-state index is 13.7. The van der Waals surface area contributed by atoms with Crippen LogP contribution in [0.1, 0.15) is 5.56 Å². The highest BCUT2D eigenvalue weighted by Crippen LogP contribution is 2.27. The van der Waals surface area contributed by atoms with E-state index in [1.165, 1.54) is 13.0 Å². The van der Waals surface area contributed by atoms with Gasteiger partial charge in [-0.2, -0.15) is 0 Å². The molecular weight excluding hydrogens is 303 g/mol. The third-order valence-electron chi connectivity index (χ3n) is 3.04. The summed E-state index contributed by atoms with van der Waals surface area (Å²) in [5.74, 6) is -2.55. The quantitative estimate of drug-likeness (QED) is 0.872. The second-order valence-corrected chi connectivity index (χ2v) is 6.42. The number of halogens is 3. The molecule has 0 radical (unpaired) electrons. The van der Waals surface area contributed by atoms with Crippen LogP contribution in [0.15, 0.2) is 41.3 Å². The van der Waals surface area contributed by atoms with Gasteiger partial charge in [-0.1, -0.05) is 6.07 Å². The van der Waals surface area contributed by atoms with Crippen LogP contribution in [-0.2, 0) is 10.0 Å². The second kappa shape index (κ2) is 5.40. The zero-order valence-electron chi connectivity index (χ0n) is 11.3. The van der Waals surface area contributed by atoms with Crippen molar-refractivity contribution in [2.75, 3.05) is 11.4 Å². The highest BCUT2D eigenvalue weighted by Gasteiger charge is 2.25. The molecule has 0 aliphatic heterocycles. The van der Waals surface area contributed by atoms with Gasteiger partial charge < -0.3 is 0 Å². The summed E-state index contributed by atoms with van der Waals surface area (Å²) in [6.45, 7) is 1.50. The standard InChI is InChI=1S/C14H12F3NO2S/c1-9-3-4-11(16)8-14(9)21(19,20)18(2)13-6-5-10(15)7-12(13)17/h3-8H,1-2H3. The lowest BCUT2D eigenvalue weighted by molar-refractivity contribution is 0.575. The molecule has 0 fully saturated rings. The smallest absolute Gasteiger partial charge is 0.264 e. The van der Waals surface area contributed by atoms with E-state index in [2.05, 4.69) is 0 Å². The summed E-state index contributed by atoms with van der Waals surface area (Å²) in [6, 6.07) is 5.85. The number of rotatable bonds is 3. The highest BCUT2D eigenvalue weighted by molar-refractivity contribution is 7.92. The van der Waals surface area contributed by atoms with E-state index in [0.29, 0.717) is 15.9 Å². The molecule has 2 aromatic carbocycles. The number of nitrogens with zero attached hydrogens (tertiary/aromatic N) is 1. The van der Waals surface area contributed by atoms with Crippen molar-refractivity contribution < 1.29 is 21.6 Å². The molecule has 2 aromatic rings. The molecule has 0 unspecified atom stereocenters. The largest absolute Gasteiger partial charge is 0.266 e. The van der Waals surface area contributed by atoms with Crippen molar-refractivity contribution in [3.63, 3.8) is 0 Å². The Bertz CT molecular complexity index is 791. The normalized spacial score (nSPS) is 11.5. The van der Waals surface area contributed by atoms with Crippen LogP contribution < -0.4 is 4.31 Å². The van der Waals surface area contributed by atoms with Gasteiger partial charge in [0.15, 0.2) is 0 Å². The van der Waals surface area contributed by atoms with Crippen molar-refractivity contribution in [2.45, 2.75) is 11.8 Å². The molecule has 2 rings (SSSR count). The number of sulfonamides is 1. The van der Waals surface area contributed by atoms with Gasteiger partial charge >= 0.3 is 0 Å². The van der Waals surface area contributed by atoms with Crippen molar-refractivity contribution in [2.24, 2.45) is 0 Å². The monoisotopic (exact) mass is 315 g/mol. The third kappa shape index (κ3) is 2.87. The minimum atomic E-state index is -4.15. The molecule has 21 heavy (non-hydrogen) atoms. The van der Waals surface area contributed by atoms with Gasteiger partial charge in [0.05, 0.1) is 10.6 Å². The molecule has 0 spiro atoms. The topological polar surface area (TPSA) is 37.4 Å². The third-order valence-corrected chi connectivity index (χ3v) is 4.95. The van der Waals surface area contributed by atoms with Crippen molar-refractivity contribution in [3.8, 4) is 0 Å². The molecule has 7 heteroatoms. The predicted molar refractivity (Wildman–Crippen MR) is 73.1 cm³/mol. The Morgan fingerprint density at radius 3 is 2.14 bits per heavy atom. The van der Waals surface area contributed by atoms with Crippen molar-refractivity contribution in [1.29, 1.82) is 0 Å². The van der Waals surface area contributed by atoms with E-state index in [-0.39, 0.29) is 10.6 Å². The average molecular weight is 315 g/mol. The molecule has 0 bridgehead atoms. The molecule has 112 valence electrons. The lowest BCUT2D eigenvalue weighted by atomic mass is 10.2. The first kappa shape index (κ1) is 15.4. The first-order valence-electron chi connectivity index (χ1n) is 5.93. The Labute approximate surface area is 120 Å². The SMILES string of the molecule is Cc1ccc(F)cc1S(=O)(=O)N(C)c1ccc(F)cc1F. The summed E-state index contributed by atoms with van der Waals surface area (Å²) in [7, 11) is -3.03. The van der Waals surface area contributed by atoms with Gasteiger partial charge in [-0.05, 0) is 36.8 Å². The van der Waals surface area contributed by atoms with E-state index in [0.717, 1.165) is 31.3 Å². The van der Waals surface area contributed by atoms with Crippen LogP contribution in [0, 0.1) is 24.4 Å². The second-order valence-electron chi connectivity index (χ2n) is 4.48. The molecule has 0 heterocycles. The van der Waals surface area contributed by atoms with Crippen molar-refractivity contribution in [3.05, 3.63) is 59.4 Å². The highest BCUT2D eigenvalue weighted by atomic mass is 32.2. The van der Waals surface area contributed by atoms with Gasteiger partial charge in [0.1, 0.15) is 17.5 Å². The average Bonchev–Trinajstić information content (AvgIpc) is 2.40. The maximum absolute atomic E-state index is 13.7. The van der Waals surface area contributed by atoms with E-state index in [1.54, 1.807) is 0 Å². The zero-order chi connectivity index (χ0) is 15.8. The molecule has 0 aliphatic rings. The van der Waals surface area contributed by atoms with Crippen LogP contribution in [0.25, 0.3) is 0 Å². The lowest BCUT2D eigenvalue weighted by Crippen LogP contribution is -2.28. The van der Waals surface area contributed by atoms with E-state index in [4.69, 9.17) is 0 Å². The number of aryl methyl sites for hydroxylation is 1. The molecule has 0 saturated carbocycles. The van der Waals surface area contributed by atoms with Crippen LogP contribution in [0.4, 0.5) is 18.9 Å². The predicted octanol–water partition coefficient (Wildman–Crippen LogP) is 3.24. The number of benzene rings is 2. The summed E-state index contributed by atoms with van der Waals surface area (Å²) in [4.78, 5) is -0.270. The lowest BCUT2D eigenvalue weighted by Gasteiger charge is -2.21.